The number of fused-ring (bicyclic) bond motifs is 1. The molecule has 1 aromatic heterocycles. The van der Waals surface area contributed by atoms with Crippen LogP contribution in [-0.2, 0) is 22.5 Å². The Kier molecular flexibility index (Phi) is 4.19. The lowest BCUT2D eigenvalue weighted by molar-refractivity contribution is -0.144. The molecule has 5 nitrogen and oxygen atoms in total. The van der Waals surface area contributed by atoms with Crippen LogP contribution in [0.5, 0.6) is 0 Å². The van der Waals surface area contributed by atoms with E-state index < -0.39 is 0 Å². The third-order valence-corrected chi connectivity index (χ3v) is 4.13. The minimum absolute atomic E-state index is 0.154. The molecule has 2 rings (SSSR count). The van der Waals surface area contributed by atoms with Crippen molar-refractivity contribution in [2.45, 2.75) is 19.9 Å². The summed E-state index contributed by atoms with van der Waals surface area (Å²) in [6.45, 7) is 4.45. The zero-order chi connectivity index (χ0) is 13.1. The SMILES string of the molecule is COC(=O)C(C)CNc1nc2c(s1)CN(C)CC2. The normalized spacial score (nSPS) is 17.1. The number of hydrogen-bond donors (Lipinski definition) is 1. The van der Waals surface area contributed by atoms with E-state index in [0.717, 1.165) is 24.6 Å². The lowest BCUT2D eigenvalue weighted by Gasteiger charge is -2.20. The number of carbonyl (C=O) groups is 1. The van der Waals surface area contributed by atoms with Gasteiger partial charge >= 0.3 is 5.97 Å². The number of ether oxygens (including phenoxy) is 1. The molecule has 0 aromatic carbocycles. The third kappa shape index (κ3) is 3.00. The van der Waals surface area contributed by atoms with Gasteiger partial charge in [-0.2, -0.15) is 0 Å². The lowest BCUT2D eigenvalue weighted by Crippen LogP contribution is -2.25. The van der Waals surface area contributed by atoms with Crippen LogP contribution in [0.2, 0.25) is 0 Å². The van der Waals surface area contributed by atoms with Gasteiger partial charge in [0.25, 0.3) is 0 Å². The highest BCUT2D eigenvalue weighted by molar-refractivity contribution is 7.15. The van der Waals surface area contributed by atoms with Crippen LogP contribution in [0.25, 0.3) is 0 Å². The zero-order valence-corrected chi connectivity index (χ0v) is 11.8. The quantitative estimate of drug-likeness (QED) is 0.836. The Morgan fingerprint density at radius 2 is 2.44 bits per heavy atom. The number of thiazole rings is 1. The molecule has 1 N–H and O–H groups in total. The van der Waals surface area contributed by atoms with Gasteiger partial charge in [-0.3, -0.25) is 4.79 Å². The Morgan fingerprint density at radius 1 is 1.67 bits per heavy atom. The van der Waals surface area contributed by atoms with Crippen molar-refractivity contribution in [3.63, 3.8) is 0 Å². The van der Waals surface area contributed by atoms with Gasteiger partial charge in [0.05, 0.1) is 18.7 Å². The molecular weight excluding hydrogens is 250 g/mol. The third-order valence-electron chi connectivity index (χ3n) is 3.09. The second kappa shape index (κ2) is 5.67. The molecule has 1 atom stereocenters. The van der Waals surface area contributed by atoms with E-state index >= 15 is 0 Å². The minimum atomic E-state index is -0.191. The average molecular weight is 269 g/mol. The zero-order valence-electron chi connectivity index (χ0n) is 11.0. The van der Waals surface area contributed by atoms with Crippen LogP contribution in [0.4, 0.5) is 5.13 Å². The van der Waals surface area contributed by atoms with Crippen molar-refractivity contribution in [3.8, 4) is 0 Å². The summed E-state index contributed by atoms with van der Waals surface area (Å²) >= 11 is 1.68. The van der Waals surface area contributed by atoms with Crippen LogP contribution in [0.1, 0.15) is 17.5 Å². The van der Waals surface area contributed by atoms with Crippen LogP contribution in [0, 0.1) is 5.92 Å². The molecule has 18 heavy (non-hydrogen) atoms. The van der Waals surface area contributed by atoms with Crippen LogP contribution in [0.3, 0.4) is 0 Å². The number of carbonyl (C=O) groups excluding carboxylic acids is 1. The number of nitrogens with one attached hydrogen (secondary N) is 1. The van der Waals surface area contributed by atoms with Crippen LogP contribution < -0.4 is 5.32 Å². The molecule has 0 bridgehead atoms. The van der Waals surface area contributed by atoms with E-state index in [2.05, 4.69) is 22.2 Å². The number of methoxy groups -OCH3 is 1. The number of nitrogens with zero attached hydrogens (tertiary/aromatic N) is 2. The van der Waals surface area contributed by atoms with Gasteiger partial charge in [0.1, 0.15) is 0 Å². The van der Waals surface area contributed by atoms with Crippen molar-refractivity contribution < 1.29 is 9.53 Å². The smallest absolute Gasteiger partial charge is 0.310 e. The van der Waals surface area contributed by atoms with Crippen molar-refractivity contribution in [2.75, 3.05) is 32.6 Å². The Balaban J connectivity index is 1.93. The highest BCUT2D eigenvalue weighted by atomic mass is 32.1. The number of aromatic nitrogens is 1. The summed E-state index contributed by atoms with van der Waals surface area (Å²) < 4.78 is 4.69. The Labute approximate surface area is 111 Å². The Bertz CT molecular complexity index is 433. The number of esters is 1. The first-order chi connectivity index (χ1) is 8.60. The van der Waals surface area contributed by atoms with Crippen molar-refractivity contribution in [3.05, 3.63) is 10.6 Å². The molecule has 1 unspecified atom stereocenters. The number of rotatable bonds is 4. The van der Waals surface area contributed by atoms with E-state index in [0.29, 0.717) is 6.54 Å². The summed E-state index contributed by atoms with van der Waals surface area (Å²) in [6, 6.07) is 0. The minimum Gasteiger partial charge on any atom is -0.469 e. The summed E-state index contributed by atoms with van der Waals surface area (Å²) in [4.78, 5) is 19.5. The summed E-state index contributed by atoms with van der Waals surface area (Å²) in [5.74, 6) is -0.345. The maximum Gasteiger partial charge on any atom is 0.310 e. The second-order valence-corrected chi connectivity index (χ2v) is 5.77. The van der Waals surface area contributed by atoms with Gasteiger partial charge in [0.2, 0.25) is 0 Å². The van der Waals surface area contributed by atoms with Gasteiger partial charge in [0.15, 0.2) is 5.13 Å². The van der Waals surface area contributed by atoms with Crippen LogP contribution >= 0.6 is 11.3 Å². The predicted molar refractivity (Wildman–Crippen MR) is 71.8 cm³/mol. The summed E-state index contributed by atoms with van der Waals surface area (Å²) in [6.07, 6.45) is 1.01. The highest BCUT2D eigenvalue weighted by Gasteiger charge is 2.19. The van der Waals surface area contributed by atoms with Crippen molar-refractivity contribution >= 4 is 22.4 Å². The number of hydrogen-bond acceptors (Lipinski definition) is 6. The number of anilines is 1. The number of likely N-dealkylation sites (N-methyl/N-ethyl adjacent to an activating group) is 1. The first-order valence-corrected chi connectivity index (χ1v) is 6.90. The van der Waals surface area contributed by atoms with Gasteiger partial charge < -0.3 is 15.0 Å². The molecule has 1 aliphatic rings. The maximum absolute atomic E-state index is 11.3. The molecule has 0 spiro atoms. The molecule has 2 heterocycles. The monoisotopic (exact) mass is 269 g/mol. The largest absolute Gasteiger partial charge is 0.469 e. The molecule has 0 amide bonds. The molecule has 1 aliphatic heterocycles. The van der Waals surface area contributed by atoms with Crippen LogP contribution in [0.15, 0.2) is 0 Å². The fourth-order valence-corrected chi connectivity index (χ4v) is 3.02. The topological polar surface area (TPSA) is 54.5 Å². The first-order valence-electron chi connectivity index (χ1n) is 6.09. The highest BCUT2D eigenvalue weighted by Crippen LogP contribution is 2.27. The van der Waals surface area contributed by atoms with Crippen molar-refractivity contribution in [2.24, 2.45) is 5.92 Å². The molecule has 1 aromatic rings. The molecule has 0 saturated heterocycles. The fraction of sp³-hybridized carbons (Fsp3) is 0.667. The second-order valence-electron chi connectivity index (χ2n) is 4.68. The van der Waals surface area contributed by atoms with E-state index in [-0.39, 0.29) is 11.9 Å². The van der Waals surface area contributed by atoms with Gasteiger partial charge in [-0.25, -0.2) is 4.98 Å². The van der Waals surface area contributed by atoms with E-state index in [1.807, 2.05) is 6.92 Å². The van der Waals surface area contributed by atoms with Crippen molar-refractivity contribution in [1.29, 1.82) is 0 Å². The van der Waals surface area contributed by atoms with E-state index in [1.54, 1.807) is 11.3 Å². The van der Waals surface area contributed by atoms with E-state index in [4.69, 9.17) is 4.74 Å². The Morgan fingerprint density at radius 3 is 3.17 bits per heavy atom. The molecule has 100 valence electrons. The summed E-state index contributed by atoms with van der Waals surface area (Å²) in [5, 5.41) is 4.13. The van der Waals surface area contributed by atoms with Gasteiger partial charge in [-0.15, -0.1) is 11.3 Å². The molecule has 6 heteroatoms. The first kappa shape index (κ1) is 13.3. The maximum atomic E-state index is 11.3. The molecular formula is C12H19N3O2S. The Hall–Kier alpha value is -1.14. The standard InChI is InChI=1S/C12H19N3O2S/c1-8(11(16)17-3)6-13-12-14-9-4-5-15(2)7-10(9)18-12/h8H,4-7H2,1-3H3,(H,13,14). The van der Waals surface area contributed by atoms with E-state index in [1.165, 1.54) is 17.7 Å². The van der Waals surface area contributed by atoms with Gasteiger partial charge in [0, 0.05) is 30.9 Å². The molecule has 0 aliphatic carbocycles. The fourth-order valence-electron chi connectivity index (χ4n) is 1.92. The van der Waals surface area contributed by atoms with Crippen molar-refractivity contribution in [1.82, 2.24) is 9.88 Å². The van der Waals surface area contributed by atoms with Gasteiger partial charge in [-0.05, 0) is 7.05 Å². The van der Waals surface area contributed by atoms with Crippen LogP contribution in [-0.4, -0.2) is 43.1 Å². The predicted octanol–water partition coefficient (Wildman–Crippen LogP) is 1.35. The summed E-state index contributed by atoms with van der Waals surface area (Å²) in [5.41, 5.74) is 1.20. The van der Waals surface area contributed by atoms with E-state index in [9.17, 15) is 4.79 Å². The summed E-state index contributed by atoms with van der Waals surface area (Å²) in [7, 11) is 3.53. The molecule has 0 saturated carbocycles. The van der Waals surface area contributed by atoms with Gasteiger partial charge in [-0.1, -0.05) is 6.92 Å². The average Bonchev–Trinajstić information content (AvgIpc) is 2.76. The molecule has 0 fully saturated rings. The lowest BCUT2D eigenvalue weighted by atomic mass is 10.2. The molecule has 0 radical (unpaired) electrons.